The molecule has 7 heteroatoms. The van der Waals surface area contributed by atoms with Gasteiger partial charge in [0.05, 0.1) is 11.7 Å². The van der Waals surface area contributed by atoms with E-state index in [1.165, 1.54) is 10.5 Å². The van der Waals surface area contributed by atoms with E-state index in [4.69, 9.17) is 0 Å². The van der Waals surface area contributed by atoms with Crippen molar-refractivity contribution < 1.29 is 14.4 Å². The minimum absolute atomic E-state index is 0.00860. The number of carbonyl (C=O) groups excluding carboxylic acids is 3. The van der Waals surface area contributed by atoms with Gasteiger partial charge in [-0.25, -0.2) is 4.98 Å². The molecule has 7 nitrogen and oxygen atoms in total. The molecular weight excluding hydrogens is 416 g/mol. The number of amides is 3. The quantitative estimate of drug-likeness (QED) is 0.550. The summed E-state index contributed by atoms with van der Waals surface area (Å²) in [6, 6.07) is 17.4. The Morgan fingerprint density at radius 2 is 1.73 bits per heavy atom. The summed E-state index contributed by atoms with van der Waals surface area (Å²) in [7, 11) is 0. The van der Waals surface area contributed by atoms with Crippen molar-refractivity contribution in [1.82, 2.24) is 19.4 Å². The maximum absolute atomic E-state index is 13.7. The second-order valence-electron chi connectivity index (χ2n) is 8.79. The molecule has 0 bridgehead atoms. The van der Waals surface area contributed by atoms with Crippen LogP contribution in [-0.4, -0.2) is 50.2 Å². The van der Waals surface area contributed by atoms with Crippen molar-refractivity contribution >= 4 is 17.7 Å². The molecule has 1 atom stereocenters. The molecule has 1 unspecified atom stereocenters. The van der Waals surface area contributed by atoms with E-state index in [1.807, 2.05) is 58.0 Å². The standard InChI is InChI=1S/C26H26N4O3/c31-23(29-12-10-20-6-4-5-7-21(20)18-29)16-26(22-8-2-1-3-9-22)17-24(32)30(25(26)33)15-14-28-13-11-27-19-28/h1-9,11,13,19H,10,12,14-18H2. The Morgan fingerprint density at radius 3 is 2.48 bits per heavy atom. The normalized spacial score (nSPS) is 20.2. The summed E-state index contributed by atoms with van der Waals surface area (Å²) in [5, 5.41) is 0. The third-order valence-corrected chi connectivity index (χ3v) is 6.81. The fourth-order valence-electron chi connectivity index (χ4n) is 4.96. The van der Waals surface area contributed by atoms with Crippen molar-refractivity contribution in [2.45, 2.75) is 37.8 Å². The SMILES string of the molecule is O=C(CC1(c2ccccc2)CC(=O)N(CCn2ccnc2)C1=O)N1CCc2ccccc2C1. The lowest BCUT2D eigenvalue weighted by Crippen LogP contribution is -2.45. The number of benzene rings is 2. The number of rotatable bonds is 6. The molecule has 0 radical (unpaired) electrons. The van der Waals surface area contributed by atoms with Gasteiger partial charge >= 0.3 is 0 Å². The van der Waals surface area contributed by atoms with Crippen molar-refractivity contribution in [1.29, 1.82) is 0 Å². The maximum atomic E-state index is 13.7. The average Bonchev–Trinajstić information content (AvgIpc) is 3.45. The van der Waals surface area contributed by atoms with Gasteiger partial charge in [-0.05, 0) is 23.1 Å². The predicted molar refractivity (Wildman–Crippen MR) is 122 cm³/mol. The summed E-state index contributed by atoms with van der Waals surface area (Å²) in [6.07, 6.45) is 5.92. The summed E-state index contributed by atoms with van der Waals surface area (Å²) in [4.78, 5) is 47.4. The molecule has 33 heavy (non-hydrogen) atoms. The molecule has 2 aromatic carbocycles. The summed E-state index contributed by atoms with van der Waals surface area (Å²) in [5.41, 5.74) is 1.96. The molecule has 3 amide bonds. The van der Waals surface area contributed by atoms with E-state index in [-0.39, 0.29) is 37.1 Å². The van der Waals surface area contributed by atoms with Crippen LogP contribution in [0.2, 0.25) is 0 Å². The zero-order valence-electron chi connectivity index (χ0n) is 18.4. The zero-order valence-corrected chi connectivity index (χ0v) is 18.4. The van der Waals surface area contributed by atoms with Crippen LogP contribution in [0.1, 0.15) is 29.5 Å². The van der Waals surface area contributed by atoms with Crippen molar-refractivity contribution in [3.8, 4) is 0 Å². The minimum atomic E-state index is -1.17. The molecule has 5 rings (SSSR count). The number of imidazole rings is 1. The molecule has 1 saturated heterocycles. The summed E-state index contributed by atoms with van der Waals surface area (Å²) < 4.78 is 1.83. The van der Waals surface area contributed by atoms with Gasteiger partial charge in [0.1, 0.15) is 0 Å². The first-order valence-electron chi connectivity index (χ1n) is 11.3. The number of nitrogens with zero attached hydrogens (tertiary/aromatic N) is 4. The summed E-state index contributed by atoms with van der Waals surface area (Å²) in [5.74, 6) is -0.615. The molecule has 0 aliphatic carbocycles. The van der Waals surface area contributed by atoms with Crippen LogP contribution >= 0.6 is 0 Å². The van der Waals surface area contributed by atoms with E-state index in [0.29, 0.717) is 19.6 Å². The lowest BCUT2D eigenvalue weighted by atomic mass is 9.75. The highest BCUT2D eigenvalue weighted by Crippen LogP contribution is 2.40. The molecular formula is C26H26N4O3. The maximum Gasteiger partial charge on any atom is 0.240 e. The van der Waals surface area contributed by atoms with Crippen LogP contribution in [0.4, 0.5) is 0 Å². The highest BCUT2D eigenvalue weighted by Gasteiger charge is 2.54. The van der Waals surface area contributed by atoms with Gasteiger partial charge in [-0.2, -0.15) is 0 Å². The Kier molecular flexibility index (Phi) is 5.54. The largest absolute Gasteiger partial charge is 0.338 e. The Morgan fingerprint density at radius 1 is 0.970 bits per heavy atom. The van der Waals surface area contributed by atoms with E-state index in [1.54, 1.807) is 18.7 Å². The van der Waals surface area contributed by atoms with Crippen molar-refractivity contribution in [2.75, 3.05) is 13.1 Å². The van der Waals surface area contributed by atoms with Crippen LogP contribution in [0.15, 0.2) is 73.3 Å². The summed E-state index contributed by atoms with van der Waals surface area (Å²) >= 11 is 0. The fourth-order valence-corrected chi connectivity index (χ4v) is 4.96. The second kappa shape index (κ2) is 8.65. The number of hydrogen-bond acceptors (Lipinski definition) is 4. The van der Waals surface area contributed by atoms with Gasteiger partial charge in [-0.15, -0.1) is 0 Å². The minimum Gasteiger partial charge on any atom is -0.338 e. The van der Waals surface area contributed by atoms with E-state index in [9.17, 15) is 14.4 Å². The van der Waals surface area contributed by atoms with Crippen LogP contribution in [0.25, 0.3) is 0 Å². The van der Waals surface area contributed by atoms with Crippen molar-refractivity contribution in [2.24, 2.45) is 0 Å². The van der Waals surface area contributed by atoms with E-state index in [0.717, 1.165) is 17.5 Å². The molecule has 3 aromatic rings. The van der Waals surface area contributed by atoms with Crippen molar-refractivity contribution in [3.63, 3.8) is 0 Å². The van der Waals surface area contributed by atoms with Gasteiger partial charge in [0.2, 0.25) is 17.7 Å². The molecule has 0 saturated carbocycles. The molecule has 1 fully saturated rings. The lowest BCUT2D eigenvalue weighted by Gasteiger charge is -2.33. The van der Waals surface area contributed by atoms with Crippen LogP contribution in [-0.2, 0) is 39.3 Å². The number of carbonyl (C=O) groups is 3. The van der Waals surface area contributed by atoms with E-state index >= 15 is 0 Å². The van der Waals surface area contributed by atoms with Gasteiger partial charge in [0.25, 0.3) is 0 Å². The summed E-state index contributed by atoms with van der Waals surface area (Å²) in [6.45, 7) is 1.88. The van der Waals surface area contributed by atoms with E-state index in [2.05, 4.69) is 11.1 Å². The number of likely N-dealkylation sites (tertiary alicyclic amines) is 1. The van der Waals surface area contributed by atoms with Gasteiger partial charge in [-0.1, -0.05) is 54.6 Å². The Labute approximate surface area is 192 Å². The predicted octanol–water partition coefficient (Wildman–Crippen LogP) is 2.56. The number of aromatic nitrogens is 2. The number of fused-ring (bicyclic) bond motifs is 1. The molecule has 2 aliphatic heterocycles. The van der Waals surface area contributed by atoms with Gasteiger partial charge < -0.3 is 9.47 Å². The number of hydrogen-bond donors (Lipinski definition) is 0. The fraction of sp³-hybridized carbons (Fsp3) is 0.308. The van der Waals surface area contributed by atoms with Gasteiger partial charge in [0.15, 0.2) is 0 Å². The van der Waals surface area contributed by atoms with Crippen LogP contribution in [0.5, 0.6) is 0 Å². The monoisotopic (exact) mass is 442 g/mol. The smallest absolute Gasteiger partial charge is 0.240 e. The zero-order chi connectivity index (χ0) is 22.8. The average molecular weight is 443 g/mol. The highest BCUT2D eigenvalue weighted by atomic mass is 16.2. The van der Waals surface area contributed by atoms with E-state index < -0.39 is 5.41 Å². The molecule has 3 heterocycles. The molecule has 0 N–H and O–H groups in total. The lowest BCUT2D eigenvalue weighted by molar-refractivity contribution is -0.143. The number of imide groups is 1. The van der Waals surface area contributed by atoms with Crippen LogP contribution in [0.3, 0.4) is 0 Å². The highest BCUT2D eigenvalue weighted by molar-refractivity contribution is 6.10. The Balaban J connectivity index is 1.40. The molecule has 168 valence electrons. The third kappa shape index (κ3) is 3.95. The second-order valence-corrected chi connectivity index (χ2v) is 8.79. The molecule has 2 aliphatic rings. The topological polar surface area (TPSA) is 75.5 Å². The first-order chi connectivity index (χ1) is 16.1. The third-order valence-electron chi connectivity index (χ3n) is 6.81. The first kappa shape index (κ1) is 21.1. The van der Waals surface area contributed by atoms with Crippen LogP contribution in [0, 0.1) is 0 Å². The van der Waals surface area contributed by atoms with Gasteiger partial charge in [0, 0.05) is 51.4 Å². The molecule has 1 aromatic heterocycles. The molecule has 0 spiro atoms. The van der Waals surface area contributed by atoms with Crippen molar-refractivity contribution in [3.05, 3.63) is 90.0 Å². The van der Waals surface area contributed by atoms with Gasteiger partial charge in [-0.3, -0.25) is 19.3 Å². The Hall–Kier alpha value is -3.74. The first-order valence-corrected chi connectivity index (χ1v) is 11.3. The Bertz CT molecular complexity index is 1180. The van der Waals surface area contributed by atoms with Crippen LogP contribution < -0.4 is 0 Å².